The zero-order valence-corrected chi connectivity index (χ0v) is 20.6. The van der Waals surface area contributed by atoms with Crippen LogP contribution in [0, 0.1) is 5.92 Å². The first-order chi connectivity index (χ1) is 17.5. The standard InChI is InChI=1S/C28H32N4O4/c1-19(2)13-23(32-22-9-7-20(8-10-22)15-29-12-11-27(33)34)18-35-24-16-30-28(31-17-24)26-14-21-5-3-4-6-25(21)36-26/h3-10,14,16-17,19,23,29,32H,11-13,15,18H2,1-2H3,(H,33,34)/t23-/m0/s1. The zero-order chi connectivity index (χ0) is 25.3. The van der Waals surface area contributed by atoms with E-state index in [0.717, 1.165) is 28.6 Å². The Bertz CT molecular complexity index is 1220. The number of aliphatic carboxylic acids is 1. The Morgan fingerprint density at radius 1 is 1.08 bits per heavy atom. The number of rotatable bonds is 13. The molecular weight excluding hydrogens is 456 g/mol. The highest BCUT2D eigenvalue weighted by atomic mass is 16.5. The molecule has 8 nitrogen and oxygen atoms in total. The second kappa shape index (κ2) is 12.2. The van der Waals surface area contributed by atoms with Crippen LogP contribution in [0.25, 0.3) is 22.6 Å². The molecule has 0 aliphatic heterocycles. The number of carboxylic acid groups (broad SMARTS) is 1. The van der Waals surface area contributed by atoms with Crippen LogP contribution >= 0.6 is 0 Å². The van der Waals surface area contributed by atoms with Gasteiger partial charge in [-0.25, -0.2) is 9.97 Å². The monoisotopic (exact) mass is 488 g/mol. The smallest absolute Gasteiger partial charge is 0.304 e. The van der Waals surface area contributed by atoms with Crippen molar-refractivity contribution in [2.45, 2.75) is 39.3 Å². The van der Waals surface area contributed by atoms with Gasteiger partial charge >= 0.3 is 5.97 Å². The van der Waals surface area contributed by atoms with Crippen molar-refractivity contribution in [1.29, 1.82) is 0 Å². The first-order valence-electron chi connectivity index (χ1n) is 12.2. The number of carbonyl (C=O) groups is 1. The Labute approximate surface area is 210 Å². The van der Waals surface area contributed by atoms with E-state index in [4.69, 9.17) is 14.3 Å². The molecule has 0 fully saturated rings. The normalized spacial score (nSPS) is 12.1. The summed E-state index contributed by atoms with van der Waals surface area (Å²) in [5, 5.41) is 16.4. The maximum Gasteiger partial charge on any atom is 0.304 e. The van der Waals surface area contributed by atoms with Gasteiger partial charge in [0.2, 0.25) is 0 Å². The largest absolute Gasteiger partial charge is 0.488 e. The number of fused-ring (bicyclic) bond motifs is 1. The Balaban J connectivity index is 1.32. The highest BCUT2D eigenvalue weighted by molar-refractivity contribution is 5.81. The molecule has 0 radical (unpaired) electrons. The van der Waals surface area contributed by atoms with E-state index in [-0.39, 0.29) is 12.5 Å². The van der Waals surface area contributed by atoms with E-state index < -0.39 is 5.97 Å². The van der Waals surface area contributed by atoms with Gasteiger partial charge in [0.05, 0.1) is 24.9 Å². The van der Waals surface area contributed by atoms with E-state index in [1.165, 1.54) is 0 Å². The molecule has 188 valence electrons. The van der Waals surface area contributed by atoms with Crippen molar-refractivity contribution in [2.24, 2.45) is 5.92 Å². The van der Waals surface area contributed by atoms with Crippen molar-refractivity contribution in [2.75, 3.05) is 18.5 Å². The van der Waals surface area contributed by atoms with Crippen LogP contribution in [0.5, 0.6) is 5.75 Å². The van der Waals surface area contributed by atoms with Crippen molar-refractivity contribution < 1.29 is 19.1 Å². The van der Waals surface area contributed by atoms with Crippen LogP contribution in [0.2, 0.25) is 0 Å². The third-order valence-electron chi connectivity index (χ3n) is 5.65. The molecule has 0 saturated carbocycles. The Kier molecular flexibility index (Phi) is 8.52. The van der Waals surface area contributed by atoms with Gasteiger partial charge in [-0.1, -0.05) is 44.2 Å². The molecule has 0 unspecified atom stereocenters. The van der Waals surface area contributed by atoms with Gasteiger partial charge in [-0.3, -0.25) is 4.79 Å². The molecule has 2 aromatic carbocycles. The van der Waals surface area contributed by atoms with Gasteiger partial charge in [-0.05, 0) is 42.2 Å². The molecule has 4 aromatic rings. The van der Waals surface area contributed by atoms with E-state index in [2.05, 4.69) is 34.4 Å². The first-order valence-corrected chi connectivity index (χ1v) is 12.2. The van der Waals surface area contributed by atoms with Crippen LogP contribution in [0.15, 0.2) is 71.4 Å². The van der Waals surface area contributed by atoms with Crippen molar-refractivity contribution >= 4 is 22.6 Å². The number of nitrogens with one attached hydrogen (secondary N) is 2. The van der Waals surface area contributed by atoms with Gasteiger partial charge in [-0.15, -0.1) is 0 Å². The van der Waals surface area contributed by atoms with Crippen LogP contribution in [-0.2, 0) is 11.3 Å². The Morgan fingerprint density at radius 2 is 1.83 bits per heavy atom. The third-order valence-corrected chi connectivity index (χ3v) is 5.65. The van der Waals surface area contributed by atoms with Gasteiger partial charge in [0.1, 0.15) is 12.2 Å². The molecular formula is C28H32N4O4. The number of furan rings is 1. The predicted octanol–water partition coefficient (Wildman–Crippen LogP) is 5.36. The number of aromatic nitrogens is 2. The quantitative estimate of drug-likeness (QED) is 0.216. The average Bonchev–Trinajstić information content (AvgIpc) is 3.30. The van der Waals surface area contributed by atoms with Crippen LogP contribution < -0.4 is 15.4 Å². The topological polar surface area (TPSA) is 110 Å². The van der Waals surface area contributed by atoms with Crippen LogP contribution in [0.1, 0.15) is 32.3 Å². The molecule has 2 heterocycles. The lowest BCUT2D eigenvalue weighted by Crippen LogP contribution is -2.28. The van der Waals surface area contributed by atoms with Gasteiger partial charge in [-0.2, -0.15) is 0 Å². The van der Waals surface area contributed by atoms with E-state index in [9.17, 15) is 4.79 Å². The summed E-state index contributed by atoms with van der Waals surface area (Å²) in [6, 6.07) is 18.0. The summed E-state index contributed by atoms with van der Waals surface area (Å²) in [5.74, 6) is 1.45. The van der Waals surface area contributed by atoms with E-state index in [0.29, 0.717) is 42.9 Å². The molecule has 0 aliphatic carbocycles. The van der Waals surface area contributed by atoms with Gasteiger partial charge in [0.15, 0.2) is 17.3 Å². The molecule has 0 saturated heterocycles. The summed E-state index contributed by atoms with van der Waals surface area (Å²) >= 11 is 0. The van der Waals surface area contributed by atoms with E-state index in [1.807, 2.05) is 54.6 Å². The number of ether oxygens (including phenoxy) is 1. The van der Waals surface area contributed by atoms with Crippen molar-refractivity contribution in [1.82, 2.24) is 15.3 Å². The van der Waals surface area contributed by atoms with E-state index >= 15 is 0 Å². The summed E-state index contributed by atoms with van der Waals surface area (Å²) in [6.45, 7) is 5.93. The van der Waals surface area contributed by atoms with Crippen molar-refractivity contribution in [3.63, 3.8) is 0 Å². The van der Waals surface area contributed by atoms with Gasteiger partial charge in [0.25, 0.3) is 0 Å². The zero-order valence-electron chi connectivity index (χ0n) is 20.6. The molecule has 4 rings (SSSR count). The lowest BCUT2D eigenvalue weighted by atomic mass is 10.0. The van der Waals surface area contributed by atoms with Crippen molar-refractivity contribution in [3.05, 3.63) is 72.6 Å². The third kappa shape index (κ3) is 7.29. The maximum atomic E-state index is 10.6. The second-order valence-corrected chi connectivity index (χ2v) is 9.19. The summed E-state index contributed by atoms with van der Waals surface area (Å²) in [7, 11) is 0. The molecule has 36 heavy (non-hydrogen) atoms. The maximum absolute atomic E-state index is 10.6. The second-order valence-electron chi connectivity index (χ2n) is 9.19. The highest BCUT2D eigenvalue weighted by Gasteiger charge is 2.14. The fourth-order valence-corrected chi connectivity index (χ4v) is 3.93. The number of hydrogen-bond donors (Lipinski definition) is 3. The van der Waals surface area contributed by atoms with Crippen LogP contribution in [0.4, 0.5) is 5.69 Å². The molecule has 0 bridgehead atoms. The predicted molar refractivity (Wildman–Crippen MR) is 140 cm³/mol. The van der Waals surface area contributed by atoms with E-state index in [1.54, 1.807) is 12.4 Å². The summed E-state index contributed by atoms with van der Waals surface area (Å²) in [6.07, 6.45) is 4.41. The first kappa shape index (κ1) is 25.2. The summed E-state index contributed by atoms with van der Waals surface area (Å²) in [5.41, 5.74) is 2.92. The van der Waals surface area contributed by atoms with Gasteiger partial charge in [0, 0.05) is 24.2 Å². The van der Waals surface area contributed by atoms with Crippen molar-refractivity contribution in [3.8, 4) is 17.3 Å². The summed E-state index contributed by atoms with van der Waals surface area (Å²) in [4.78, 5) is 19.5. The Morgan fingerprint density at radius 3 is 2.53 bits per heavy atom. The molecule has 0 spiro atoms. The Hall–Kier alpha value is -3.91. The molecule has 1 atom stereocenters. The minimum Gasteiger partial charge on any atom is -0.488 e. The number of nitrogens with zero attached hydrogens (tertiary/aromatic N) is 2. The highest BCUT2D eigenvalue weighted by Crippen LogP contribution is 2.26. The lowest BCUT2D eigenvalue weighted by molar-refractivity contribution is -0.136. The van der Waals surface area contributed by atoms with Crippen LogP contribution in [0.3, 0.4) is 0 Å². The van der Waals surface area contributed by atoms with Gasteiger partial charge < -0.3 is 24.9 Å². The number of hydrogen-bond acceptors (Lipinski definition) is 7. The molecule has 8 heteroatoms. The molecule has 3 N–H and O–H groups in total. The fraction of sp³-hybridized carbons (Fsp3) is 0.321. The minimum absolute atomic E-state index is 0.111. The molecule has 0 amide bonds. The number of para-hydroxylation sites is 1. The lowest BCUT2D eigenvalue weighted by Gasteiger charge is -2.22. The molecule has 2 aromatic heterocycles. The average molecular weight is 489 g/mol. The fourth-order valence-electron chi connectivity index (χ4n) is 3.93. The number of carboxylic acids is 1. The van der Waals surface area contributed by atoms with Crippen LogP contribution in [-0.4, -0.2) is 40.2 Å². The molecule has 0 aliphatic rings. The minimum atomic E-state index is -0.797. The SMILES string of the molecule is CC(C)C[C@@H](COc1cnc(-c2cc3ccccc3o2)nc1)Nc1ccc(CNCCC(=O)O)cc1. The summed E-state index contributed by atoms with van der Waals surface area (Å²) < 4.78 is 11.9. The number of benzene rings is 2. The number of anilines is 1.